The summed E-state index contributed by atoms with van der Waals surface area (Å²) in [5.41, 5.74) is 6.86. The maximum absolute atomic E-state index is 12.9. The highest BCUT2D eigenvalue weighted by molar-refractivity contribution is 5.85. The standard InChI is InChI=1S/C20H31N3O3.ClH/c1-5-20(21,6-2)13-22-19(25)16-11-12-17(24)23(3)18(16)14-7-9-15(26-4)10-8-14;/h7-10,16,18H,5-6,11-13,21H2,1-4H3,(H,22,25);1H. The molecule has 1 saturated heterocycles. The maximum Gasteiger partial charge on any atom is 0.225 e. The lowest BCUT2D eigenvalue weighted by molar-refractivity contribution is -0.141. The second kappa shape index (κ2) is 9.95. The molecule has 0 saturated carbocycles. The van der Waals surface area contributed by atoms with Crippen molar-refractivity contribution in [1.29, 1.82) is 0 Å². The summed E-state index contributed by atoms with van der Waals surface area (Å²) in [5, 5.41) is 3.03. The molecule has 1 aromatic rings. The Balaban J connectivity index is 0.00000364. The zero-order valence-corrected chi connectivity index (χ0v) is 17.5. The van der Waals surface area contributed by atoms with Crippen LogP contribution in [0, 0.1) is 5.92 Å². The van der Waals surface area contributed by atoms with E-state index in [0.29, 0.717) is 19.4 Å². The summed E-state index contributed by atoms with van der Waals surface area (Å²) in [6.07, 6.45) is 2.53. The molecule has 0 spiro atoms. The molecule has 27 heavy (non-hydrogen) atoms. The predicted molar refractivity (Wildman–Crippen MR) is 109 cm³/mol. The first-order valence-electron chi connectivity index (χ1n) is 9.31. The van der Waals surface area contributed by atoms with Gasteiger partial charge in [0.15, 0.2) is 0 Å². The Hall–Kier alpha value is -1.79. The molecule has 1 aromatic carbocycles. The minimum atomic E-state index is -0.387. The number of nitrogens with two attached hydrogens (primary N) is 1. The van der Waals surface area contributed by atoms with Gasteiger partial charge < -0.3 is 20.7 Å². The van der Waals surface area contributed by atoms with Crippen LogP contribution in [0.4, 0.5) is 0 Å². The third-order valence-electron chi connectivity index (χ3n) is 5.68. The molecule has 0 aromatic heterocycles. The van der Waals surface area contributed by atoms with Crippen molar-refractivity contribution < 1.29 is 14.3 Å². The summed E-state index contributed by atoms with van der Waals surface area (Å²) in [6.45, 7) is 4.51. The van der Waals surface area contributed by atoms with E-state index in [1.807, 2.05) is 38.1 Å². The number of benzene rings is 1. The number of likely N-dealkylation sites (tertiary alicyclic amines) is 1. The highest BCUT2D eigenvalue weighted by Crippen LogP contribution is 2.36. The molecule has 0 bridgehead atoms. The number of ether oxygens (including phenoxy) is 1. The van der Waals surface area contributed by atoms with Crippen LogP contribution in [0.15, 0.2) is 24.3 Å². The van der Waals surface area contributed by atoms with E-state index >= 15 is 0 Å². The number of nitrogens with zero attached hydrogens (tertiary/aromatic N) is 1. The second-order valence-electron chi connectivity index (χ2n) is 7.16. The van der Waals surface area contributed by atoms with Crippen LogP contribution >= 0.6 is 12.4 Å². The monoisotopic (exact) mass is 397 g/mol. The first kappa shape index (κ1) is 23.2. The topological polar surface area (TPSA) is 84.7 Å². The van der Waals surface area contributed by atoms with Crippen molar-refractivity contribution in [2.75, 3.05) is 20.7 Å². The number of carbonyl (C=O) groups is 2. The number of amides is 2. The highest BCUT2D eigenvalue weighted by atomic mass is 35.5. The molecule has 152 valence electrons. The Labute approximate surface area is 168 Å². The molecule has 0 radical (unpaired) electrons. The van der Waals surface area contributed by atoms with Gasteiger partial charge in [-0.3, -0.25) is 9.59 Å². The van der Waals surface area contributed by atoms with Crippen LogP contribution < -0.4 is 15.8 Å². The molecule has 0 aliphatic carbocycles. The zero-order valence-electron chi connectivity index (χ0n) is 16.7. The Morgan fingerprint density at radius 2 is 1.89 bits per heavy atom. The van der Waals surface area contributed by atoms with E-state index in [0.717, 1.165) is 24.2 Å². The molecule has 2 rings (SSSR count). The van der Waals surface area contributed by atoms with Crippen molar-refractivity contribution in [3.8, 4) is 5.75 Å². The van der Waals surface area contributed by atoms with Crippen molar-refractivity contribution in [3.63, 3.8) is 0 Å². The summed E-state index contributed by atoms with van der Waals surface area (Å²) in [7, 11) is 3.38. The van der Waals surface area contributed by atoms with Crippen LogP contribution in [0.25, 0.3) is 0 Å². The Kier molecular flexibility index (Phi) is 8.57. The van der Waals surface area contributed by atoms with Gasteiger partial charge in [-0.05, 0) is 37.0 Å². The molecule has 1 aliphatic rings. The second-order valence-corrected chi connectivity index (χ2v) is 7.16. The van der Waals surface area contributed by atoms with Gasteiger partial charge in [0.25, 0.3) is 0 Å². The van der Waals surface area contributed by atoms with Gasteiger partial charge in [-0.2, -0.15) is 0 Å². The van der Waals surface area contributed by atoms with Gasteiger partial charge in [-0.25, -0.2) is 0 Å². The van der Waals surface area contributed by atoms with Gasteiger partial charge in [0, 0.05) is 25.6 Å². The number of methoxy groups -OCH3 is 1. The van der Waals surface area contributed by atoms with E-state index < -0.39 is 0 Å². The average Bonchev–Trinajstić information content (AvgIpc) is 2.68. The first-order chi connectivity index (χ1) is 12.3. The number of piperidine rings is 1. The molecule has 2 unspecified atom stereocenters. The third kappa shape index (κ3) is 5.36. The quantitative estimate of drug-likeness (QED) is 0.740. The lowest BCUT2D eigenvalue weighted by Crippen LogP contribution is -2.52. The van der Waals surface area contributed by atoms with E-state index in [2.05, 4.69) is 5.32 Å². The van der Waals surface area contributed by atoms with Gasteiger partial charge >= 0.3 is 0 Å². The normalized spacial score (nSPS) is 20.0. The Morgan fingerprint density at radius 3 is 2.41 bits per heavy atom. The van der Waals surface area contributed by atoms with E-state index in [-0.39, 0.29) is 41.7 Å². The summed E-state index contributed by atoms with van der Waals surface area (Å²) in [5.74, 6) is 0.481. The Bertz CT molecular complexity index is 632. The number of halogens is 1. The first-order valence-corrected chi connectivity index (χ1v) is 9.31. The predicted octanol–water partition coefficient (Wildman–Crippen LogP) is 2.66. The maximum atomic E-state index is 12.9. The molecule has 2 atom stereocenters. The SMILES string of the molecule is CCC(N)(CC)CNC(=O)C1CCC(=O)N(C)C1c1ccc(OC)cc1.Cl. The van der Waals surface area contributed by atoms with Crippen molar-refractivity contribution >= 4 is 24.2 Å². The summed E-state index contributed by atoms with van der Waals surface area (Å²) in [6, 6.07) is 7.28. The summed E-state index contributed by atoms with van der Waals surface area (Å²) < 4.78 is 5.21. The molecule has 6 nitrogen and oxygen atoms in total. The van der Waals surface area contributed by atoms with Crippen molar-refractivity contribution in [2.24, 2.45) is 11.7 Å². The minimum absolute atomic E-state index is 0. The third-order valence-corrected chi connectivity index (χ3v) is 5.68. The smallest absolute Gasteiger partial charge is 0.225 e. The molecular formula is C20H32ClN3O3. The fourth-order valence-electron chi connectivity index (χ4n) is 3.46. The summed E-state index contributed by atoms with van der Waals surface area (Å²) in [4.78, 5) is 26.8. The van der Waals surface area contributed by atoms with Crippen LogP contribution in [-0.4, -0.2) is 43.0 Å². The van der Waals surface area contributed by atoms with E-state index in [1.54, 1.807) is 19.1 Å². The molecule has 3 N–H and O–H groups in total. The highest BCUT2D eigenvalue weighted by Gasteiger charge is 2.39. The minimum Gasteiger partial charge on any atom is -0.497 e. The fourth-order valence-corrected chi connectivity index (χ4v) is 3.46. The van der Waals surface area contributed by atoms with Crippen molar-refractivity contribution in [1.82, 2.24) is 10.2 Å². The molecule has 2 amide bonds. The van der Waals surface area contributed by atoms with Crippen LogP contribution in [0.1, 0.15) is 51.1 Å². The van der Waals surface area contributed by atoms with Crippen LogP contribution in [0.3, 0.4) is 0 Å². The fraction of sp³-hybridized carbons (Fsp3) is 0.600. The van der Waals surface area contributed by atoms with Gasteiger partial charge in [-0.1, -0.05) is 26.0 Å². The van der Waals surface area contributed by atoms with Gasteiger partial charge in [0.1, 0.15) is 5.75 Å². The van der Waals surface area contributed by atoms with Crippen molar-refractivity contribution in [3.05, 3.63) is 29.8 Å². The lowest BCUT2D eigenvalue weighted by Gasteiger charge is -2.39. The molecular weight excluding hydrogens is 366 g/mol. The van der Waals surface area contributed by atoms with Crippen LogP contribution in [0.5, 0.6) is 5.75 Å². The number of hydrogen-bond acceptors (Lipinski definition) is 4. The van der Waals surface area contributed by atoms with Gasteiger partial charge in [-0.15, -0.1) is 12.4 Å². The number of hydrogen-bond donors (Lipinski definition) is 2. The average molecular weight is 398 g/mol. The molecule has 1 fully saturated rings. The number of rotatable bonds is 7. The molecule has 7 heteroatoms. The number of nitrogens with one attached hydrogen (secondary N) is 1. The van der Waals surface area contributed by atoms with Crippen LogP contribution in [-0.2, 0) is 9.59 Å². The largest absolute Gasteiger partial charge is 0.497 e. The molecule has 1 heterocycles. The zero-order chi connectivity index (χ0) is 19.3. The lowest BCUT2D eigenvalue weighted by atomic mass is 9.83. The van der Waals surface area contributed by atoms with E-state index in [1.165, 1.54) is 0 Å². The number of carbonyl (C=O) groups excluding carboxylic acids is 2. The van der Waals surface area contributed by atoms with E-state index in [4.69, 9.17) is 10.5 Å². The van der Waals surface area contributed by atoms with Gasteiger partial charge in [0.05, 0.1) is 19.1 Å². The van der Waals surface area contributed by atoms with Crippen molar-refractivity contribution in [2.45, 2.75) is 51.1 Å². The Morgan fingerprint density at radius 1 is 1.30 bits per heavy atom. The summed E-state index contributed by atoms with van der Waals surface area (Å²) >= 11 is 0. The van der Waals surface area contributed by atoms with Crippen LogP contribution in [0.2, 0.25) is 0 Å². The molecule has 1 aliphatic heterocycles. The van der Waals surface area contributed by atoms with Gasteiger partial charge in [0.2, 0.25) is 11.8 Å². The van der Waals surface area contributed by atoms with E-state index in [9.17, 15) is 9.59 Å².